The fourth-order valence-electron chi connectivity index (χ4n) is 2.02. The molecule has 2 aromatic carbocycles. The molecular formula is C15H11BrF4O. The molecule has 6 heteroatoms. The molecule has 0 aliphatic rings. The van der Waals surface area contributed by atoms with E-state index < -0.39 is 23.7 Å². The number of halogens is 5. The molecule has 0 bridgehead atoms. The van der Waals surface area contributed by atoms with Crippen LogP contribution in [0.25, 0.3) is 0 Å². The zero-order chi connectivity index (χ0) is 15.6. The second-order valence-corrected chi connectivity index (χ2v) is 5.49. The normalized spacial score (nSPS) is 13.2. The Hall–Kier alpha value is -1.40. The van der Waals surface area contributed by atoms with Crippen LogP contribution in [0.2, 0.25) is 0 Å². The van der Waals surface area contributed by atoms with Crippen LogP contribution >= 0.6 is 15.9 Å². The van der Waals surface area contributed by atoms with Gasteiger partial charge in [0.1, 0.15) is 5.82 Å². The summed E-state index contributed by atoms with van der Waals surface area (Å²) in [5, 5.41) is 10.0. The van der Waals surface area contributed by atoms with E-state index >= 15 is 0 Å². The van der Waals surface area contributed by atoms with Crippen molar-refractivity contribution in [2.24, 2.45) is 0 Å². The average molecular weight is 363 g/mol. The molecule has 112 valence electrons. The number of hydrogen-bond acceptors (Lipinski definition) is 1. The first-order valence-electron chi connectivity index (χ1n) is 6.06. The van der Waals surface area contributed by atoms with Gasteiger partial charge in [0, 0.05) is 10.9 Å². The van der Waals surface area contributed by atoms with Gasteiger partial charge in [0.15, 0.2) is 0 Å². The standard InChI is InChI=1S/C15H11BrF4O/c16-10-3-1-9(2-4-10)7-14(21)12-6-5-11(17)8-13(12)15(18,19)20/h1-6,8,14,21H,7H2. The van der Waals surface area contributed by atoms with E-state index in [-0.39, 0.29) is 12.0 Å². The summed E-state index contributed by atoms with van der Waals surface area (Å²) in [5.41, 5.74) is -0.790. The van der Waals surface area contributed by atoms with Gasteiger partial charge >= 0.3 is 6.18 Å². The summed E-state index contributed by atoms with van der Waals surface area (Å²) in [6, 6.07) is 9.15. The van der Waals surface area contributed by atoms with E-state index in [9.17, 15) is 22.7 Å². The minimum Gasteiger partial charge on any atom is -0.388 e. The number of aliphatic hydroxyl groups excluding tert-OH is 1. The van der Waals surface area contributed by atoms with Crippen LogP contribution in [-0.2, 0) is 12.6 Å². The molecular weight excluding hydrogens is 352 g/mol. The Kier molecular flexibility index (Phi) is 4.68. The second kappa shape index (κ2) is 6.15. The van der Waals surface area contributed by atoms with E-state index in [2.05, 4.69) is 15.9 Å². The molecule has 0 saturated carbocycles. The monoisotopic (exact) mass is 362 g/mol. The predicted molar refractivity (Wildman–Crippen MR) is 74.2 cm³/mol. The Morgan fingerprint density at radius 1 is 1.05 bits per heavy atom. The topological polar surface area (TPSA) is 20.2 Å². The molecule has 0 heterocycles. The predicted octanol–water partition coefficient (Wildman–Crippen LogP) is 4.88. The van der Waals surface area contributed by atoms with Crippen molar-refractivity contribution in [3.63, 3.8) is 0 Å². The molecule has 0 spiro atoms. The van der Waals surface area contributed by atoms with E-state index in [4.69, 9.17) is 0 Å². The maximum Gasteiger partial charge on any atom is 0.416 e. The average Bonchev–Trinajstić information content (AvgIpc) is 2.40. The van der Waals surface area contributed by atoms with E-state index in [1.807, 2.05) is 0 Å². The van der Waals surface area contributed by atoms with Gasteiger partial charge in [0.2, 0.25) is 0 Å². The summed E-state index contributed by atoms with van der Waals surface area (Å²) in [5.74, 6) is -0.984. The van der Waals surface area contributed by atoms with Crippen LogP contribution in [0.3, 0.4) is 0 Å². The van der Waals surface area contributed by atoms with E-state index in [1.54, 1.807) is 24.3 Å². The fraction of sp³-hybridized carbons (Fsp3) is 0.200. The molecule has 21 heavy (non-hydrogen) atoms. The van der Waals surface area contributed by atoms with Crippen LogP contribution in [0.5, 0.6) is 0 Å². The lowest BCUT2D eigenvalue weighted by Crippen LogP contribution is -2.14. The Bertz CT molecular complexity index is 623. The highest BCUT2D eigenvalue weighted by Crippen LogP contribution is 2.36. The van der Waals surface area contributed by atoms with Crippen molar-refractivity contribution in [2.45, 2.75) is 18.7 Å². The van der Waals surface area contributed by atoms with E-state index in [1.165, 1.54) is 0 Å². The van der Waals surface area contributed by atoms with Gasteiger partial charge in [0.05, 0.1) is 11.7 Å². The van der Waals surface area contributed by atoms with Gasteiger partial charge in [-0.05, 0) is 35.4 Å². The highest BCUT2D eigenvalue weighted by molar-refractivity contribution is 9.10. The molecule has 0 fully saturated rings. The summed E-state index contributed by atoms with van der Waals surface area (Å²) in [6.45, 7) is 0. The molecule has 0 aliphatic heterocycles. The van der Waals surface area contributed by atoms with Crippen LogP contribution < -0.4 is 0 Å². The largest absolute Gasteiger partial charge is 0.416 e. The van der Waals surface area contributed by atoms with Gasteiger partial charge in [-0.3, -0.25) is 0 Å². The molecule has 1 N–H and O–H groups in total. The molecule has 0 aromatic heterocycles. The van der Waals surface area contributed by atoms with Crippen LogP contribution in [0.4, 0.5) is 17.6 Å². The number of aliphatic hydroxyl groups is 1. The molecule has 0 amide bonds. The summed E-state index contributed by atoms with van der Waals surface area (Å²) >= 11 is 3.25. The first-order chi connectivity index (χ1) is 9.77. The Morgan fingerprint density at radius 2 is 1.67 bits per heavy atom. The van der Waals surface area contributed by atoms with Gasteiger partial charge < -0.3 is 5.11 Å². The van der Waals surface area contributed by atoms with Crippen molar-refractivity contribution in [3.05, 3.63) is 69.4 Å². The number of rotatable bonds is 3. The number of alkyl halides is 3. The third-order valence-electron chi connectivity index (χ3n) is 3.02. The maximum atomic E-state index is 13.0. The fourth-order valence-corrected chi connectivity index (χ4v) is 2.28. The lowest BCUT2D eigenvalue weighted by atomic mass is 9.96. The van der Waals surface area contributed by atoms with E-state index in [0.29, 0.717) is 11.6 Å². The first kappa shape index (κ1) is 16.0. The summed E-state index contributed by atoms with van der Waals surface area (Å²) in [4.78, 5) is 0. The molecule has 0 aliphatic carbocycles. The lowest BCUT2D eigenvalue weighted by Gasteiger charge is -2.17. The Morgan fingerprint density at radius 3 is 2.24 bits per heavy atom. The van der Waals surface area contributed by atoms with Gasteiger partial charge in [-0.25, -0.2) is 4.39 Å². The van der Waals surface area contributed by atoms with Gasteiger partial charge in [-0.1, -0.05) is 34.1 Å². The minimum atomic E-state index is -4.71. The molecule has 1 unspecified atom stereocenters. The van der Waals surface area contributed by atoms with Crippen molar-refractivity contribution in [1.82, 2.24) is 0 Å². The zero-order valence-electron chi connectivity index (χ0n) is 10.7. The van der Waals surface area contributed by atoms with Crippen molar-refractivity contribution < 1.29 is 22.7 Å². The maximum absolute atomic E-state index is 13.0. The highest BCUT2D eigenvalue weighted by atomic mass is 79.9. The lowest BCUT2D eigenvalue weighted by molar-refractivity contribution is -0.139. The first-order valence-corrected chi connectivity index (χ1v) is 6.86. The molecule has 2 aromatic rings. The molecule has 0 saturated heterocycles. The molecule has 1 nitrogen and oxygen atoms in total. The van der Waals surface area contributed by atoms with Gasteiger partial charge in [-0.2, -0.15) is 13.2 Å². The van der Waals surface area contributed by atoms with Gasteiger partial charge in [-0.15, -0.1) is 0 Å². The quantitative estimate of drug-likeness (QED) is 0.771. The Labute approximate surface area is 127 Å². The van der Waals surface area contributed by atoms with Gasteiger partial charge in [0.25, 0.3) is 0 Å². The van der Waals surface area contributed by atoms with Crippen LogP contribution in [0, 0.1) is 5.82 Å². The van der Waals surface area contributed by atoms with Crippen LogP contribution in [0.1, 0.15) is 22.8 Å². The van der Waals surface area contributed by atoms with Crippen LogP contribution in [0.15, 0.2) is 46.9 Å². The van der Waals surface area contributed by atoms with Crippen molar-refractivity contribution in [2.75, 3.05) is 0 Å². The summed E-state index contributed by atoms with van der Waals surface area (Å²) in [6.07, 6.45) is -6.05. The van der Waals surface area contributed by atoms with Crippen molar-refractivity contribution in [1.29, 1.82) is 0 Å². The molecule has 2 rings (SSSR count). The zero-order valence-corrected chi connectivity index (χ0v) is 12.2. The highest BCUT2D eigenvalue weighted by Gasteiger charge is 2.35. The third-order valence-corrected chi connectivity index (χ3v) is 3.55. The van der Waals surface area contributed by atoms with Crippen molar-refractivity contribution in [3.8, 4) is 0 Å². The van der Waals surface area contributed by atoms with E-state index in [0.717, 1.165) is 16.6 Å². The second-order valence-electron chi connectivity index (χ2n) is 4.58. The smallest absolute Gasteiger partial charge is 0.388 e. The number of benzene rings is 2. The summed E-state index contributed by atoms with van der Waals surface area (Å²) in [7, 11) is 0. The SMILES string of the molecule is OC(Cc1ccc(Br)cc1)c1ccc(F)cc1C(F)(F)F. The molecule has 0 radical (unpaired) electrons. The minimum absolute atomic E-state index is 0.0159. The van der Waals surface area contributed by atoms with Crippen LogP contribution in [-0.4, -0.2) is 5.11 Å². The number of hydrogen-bond donors (Lipinski definition) is 1. The third kappa shape index (κ3) is 4.04. The summed E-state index contributed by atoms with van der Waals surface area (Å²) < 4.78 is 52.5. The van der Waals surface area contributed by atoms with Crippen molar-refractivity contribution >= 4 is 15.9 Å². The Balaban J connectivity index is 2.30. The molecule has 1 atom stereocenters.